The molecule has 1 unspecified atom stereocenters. The Bertz CT molecular complexity index is 722. The van der Waals surface area contributed by atoms with Crippen molar-refractivity contribution in [2.75, 3.05) is 6.61 Å². The van der Waals surface area contributed by atoms with Crippen LogP contribution in [-0.2, 0) is 4.79 Å². The molecular formula is C23H31NO2. The summed E-state index contributed by atoms with van der Waals surface area (Å²) in [7, 11) is 0. The van der Waals surface area contributed by atoms with Gasteiger partial charge in [0.15, 0.2) is 0 Å². The number of rotatable bonds is 8. The van der Waals surface area contributed by atoms with E-state index in [2.05, 4.69) is 37.4 Å². The standard InChI is InChI=1S/C23H31NO2/c1-17-12-13-18(2)21(16-17)26-15-9-14-23(4,5)22(25)24-19(3)20-10-7-6-8-11-20/h6-8,10-13,16,19H,9,14-15H2,1-5H3,(H,24,25). The smallest absolute Gasteiger partial charge is 0.226 e. The van der Waals surface area contributed by atoms with Crippen LogP contribution in [0.5, 0.6) is 5.75 Å². The van der Waals surface area contributed by atoms with Crippen molar-refractivity contribution in [3.05, 3.63) is 65.2 Å². The molecule has 0 aliphatic heterocycles. The molecule has 0 bridgehead atoms. The van der Waals surface area contributed by atoms with Gasteiger partial charge in [-0.25, -0.2) is 0 Å². The highest BCUT2D eigenvalue weighted by molar-refractivity contribution is 5.82. The van der Waals surface area contributed by atoms with E-state index < -0.39 is 5.41 Å². The average molecular weight is 354 g/mol. The molecule has 2 rings (SSSR count). The Balaban J connectivity index is 1.82. The number of carbonyl (C=O) groups is 1. The molecule has 0 aliphatic carbocycles. The maximum absolute atomic E-state index is 12.7. The lowest BCUT2D eigenvalue weighted by Gasteiger charge is -2.26. The molecule has 0 heterocycles. The van der Waals surface area contributed by atoms with Crippen molar-refractivity contribution in [3.8, 4) is 5.75 Å². The van der Waals surface area contributed by atoms with Gasteiger partial charge in [-0.1, -0.05) is 56.3 Å². The monoisotopic (exact) mass is 353 g/mol. The summed E-state index contributed by atoms with van der Waals surface area (Å²) in [5.74, 6) is 1.02. The Morgan fingerprint density at radius 2 is 1.81 bits per heavy atom. The zero-order valence-electron chi connectivity index (χ0n) is 16.6. The second-order valence-corrected chi connectivity index (χ2v) is 7.71. The van der Waals surface area contributed by atoms with E-state index in [1.165, 1.54) is 5.56 Å². The third kappa shape index (κ3) is 5.62. The van der Waals surface area contributed by atoms with Gasteiger partial charge in [0.1, 0.15) is 5.75 Å². The van der Waals surface area contributed by atoms with Crippen LogP contribution in [-0.4, -0.2) is 12.5 Å². The molecule has 3 nitrogen and oxygen atoms in total. The SMILES string of the molecule is Cc1ccc(C)c(OCCCC(C)(C)C(=O)NC(C)c2ccccc2)c1. The summed E-state index contributed by atoms with van der Waals surface area (Å²) in [5.41, 5.74) is 3.04. The van der Waals surface area contributed by atoms with Crippen molar-refractivity contribution in [2.45, 2.75) is 53.5 Å². The van der Waals surface area contributed by atoms with Crippen LogP contribution in [0.1, 0.15) is 56.3 Å². The van der Waals surface area contributed by atoms with Gasteiger partial charge >= 0.3 is 0 Å². The molecule has 1 N–H and O–H groups in total. The van der Waals surface area contributed by atoms with Crippen LogP contribution in [0.25, 0.3) is 0 Å². The largest absolute Gasteiger partial charge is 0.493 e. The van der Waals surface area contributed by atoms with E-state index in [1.54, 1.807) is 0 Å². The molecular weight excluding hydrogens is 322 g/mol. The number of hydrogen-bond acceptors (Lipinski definition) is 2. The zero-order valence-corrected chi connectivity index (χ0v) is 16.6. The van der Waals surface area contributed by atoms with Gasteiger partial charge in [-0.2, -0.15) is 0 Å². The Kier molecular flexibility index (Phi) is 6.84. The van der Waals surface area contributed by atoms with Crippen molar-refractivity contribution in [1.82, 2.24) is 5.32 Å². The van der Waals surface area contributed by atoms with Gasteiger partial charge in [0.05, 0.1) is 12.6 Å². The number of carbonyl (C=O) groups excluding carboxylic acids is 1. The van der Waals surface area contributed by atoms with E-state index in [9.17, 15) is 4.79 Å². The van der Waals surface area contributed by atoms with E-state index in [0.717, 1.165) is 29.7 Å². The van der Waals surface area contributed by atoms with E-state index in [0.29, 0.717) is 6.61 Å². The van der Waals surface area contributed by atoms with E-state index in [1.807, 2.05) is 51.1 Å². The molecule has 140 valence electrons. The Morgan fingerprint density at radius 3 is 2.50 bits per heavy atom. The van der Waals surface area contributed by atoms with Crippen molar-refractivity contribution < 1.29 is 9.53 Å². The van der Waals surface area contributed by atoms with Crippen LogP contribution in [0, 0.1) is 19.3 Å². The van der Waals surface area contributed by atoms with Crippen molar-refractivity contribution >= 4 is 5.91 Å². The fourth-order valence-corrected chi connectivity index (χ4v) is 2.89. The first-order valence-corrected chi connectivity index (χ1v) is 9.35. The molecule has 0 fully saturated rings. The zero-order chi connectivity index (χ0) is 19.2. The summed E-state index contributed by atoms with van der Waals surface area (Å²) in [6.07, 6.45) is 1.62. The van der Waals surface area contributed by atoms with Crippen LogP contribution in [0.3, 0.4) is 0 Å². The summed E-state index contributed by atoms with van der Waals surface area (Å²) in [5, 5.41) is 3.13. The van der Waals surface area contributed by atoms with Gasteiger partial charge < -0.3 is 10.1 Å². The maximum Gasteiger partial charge on any atom is 0.226 e. The molecule has 26 heavy (non-hydrogen) atoms. The molecule has 2 aromatic carbocycles. The number of benzene rings is 2. The van der Waals surface area contributed by atoms with E-state index in [-0.39, 0.29) is 11.9 Å². The molecule has 0 aliphatic rings. The highest BCUT2D eigenvalue weighted by Crippen LogP contribution is 2.25. The molecule has 3 heteroatoms. The topological polar surface area (TPSA) is 38.3 Å². The number of amides is 1. The van der Waals surface area contributed by atoms with Crippen LogP contribution in [0.2, 0.25) is 0 Å². The summed E-state index contributed by atoms with van der Waals surface area (Å²) in [6, 6.07) is 16.3. The van der Waals surface area contributed by atoms with Crippen molar-refractivity contribution in [1.29, 1.82) is 0 Å². The van der Waals surface area contributed by atoms with Gasteiger partial charge in [-0.3, -0.25) is 4.79 Å². The first-order chi connectivity index (χ1) is 12.3. The number of hydrogen-bond donors (Lipinski definition) is 1. The first-order valence-electron chi connectivity index (χ1n) is 9.35. The summed E-state index contributed by atoms with van der Waals surface area (Å²) < 4.78 is 5.91. The summed E-state index contributed by atoms with van der Waals surface area (Å²) in [6.45, 7) is 10.8. The molecule has 0 saturated carbocycles. The van der Waals surface area contributed by atoms with Crippen LogP contribution >= 0.6 is 0 Å². The highest BCUT2D eigenvalue weighted by atomic mass is 16.5. The molecule has 2 aromatic rings. The molecule has 1 atom stereocenters. The summed E-state index contributed by atoms with van der Waals surface area (Å²) in [4.78, 5) is 12.7. The van der Waals surface area contributed by atoms with Gasteiger partial charge in [-0.15, -0.1) is 0 Å². The fourth-order valence-electron chi connectivity index (χ4n) is 2.89. The van der Waals surface area contributed by atoms with E-state index in [4.69, 9.17) is 4.74 Å². The minimum absolute atomic E-state index is 0.00849. The molecule has 0 spiro atoms. The summed E-state index contributed by atoms with van der Waals surface area (Å²) >= 11 is 0. The molecule has 1 amide bonds. The second-order valence-electron chi connectivity index (χ2n) is 7.71. The number of ether oxygens (including phenoxy) is 1. The third-order valence-electron chi connectivity index (χ3n) is 4.81. The fraction of sp³-hybridized carbons (Fsp3) is 0.435. The van der Waals surface area contributed by atoms with Crippen LogP contribution in [0.15, 0.2) is 48.5 Å². The Morgan fingerprint density at radius 1 is 1.12 bits per heavy atom. The molecule has 0 radical (unpaired) electrons. The minimum Gasteiger partial charge on any atom is -0.493 e. The molecule has 0 aromatic heterocycles. The minimum atomic E-state index is -0.423. The van der Waals surface area contributed by atoms with Gasteiger partial charge in [0, 0.05) is 5.41 Å². The quantitative estimate of drug-likeness (QED) is 0.648. The Labute approximate surface area is 157 Å². The average Bonchev–Trinajstić information content (AvgIpc) is 2.62. The number of aryl methyl sites for hydroxylation is 2. The number of nitrogens with one attached hydrogen (secondary N) is 1. The highest BCUT2D eigenvalue weighted by Gasteiger charge is 2.28. The van der Waals surface area contributed by atoms with Gasteiger partial charge in [0.2, 0.25) is 5.91 Å². The predicted molar refractivity (Wildman–Crippen MR) is 107 cm³/mol. The Hall–Kier alpha value is -2.29. The van der Waals surface area contributed by atoms with Gasteiger partial charge in [-0.05, 0) is 56.4 Å². The van der Waals surface area contributed by atoms with Crippen LogP contribution < -0.4 is 10.1 Å². The van der Waals surface area contributed by atoms with Gasteiger partial charge in [0.25, 0.3) is 0 Å². The van der Waals surface area contributed by atoms with Crippen molar-refractivity contribution in [2.24, 2.45) is 5.41 Å². The molecule has 0 saturated heterocycles. The predicted octanol–water partition coefficient (Wildman–Crippen LogP) is 5.37. The second kappa shape index (κ2) is 8.88. The maximum atomic E-state index is 12.7. The first kappa shape index (κ1) is 20.0. The lowest BCUT2D eigenvalue weighted by molar-refractivity contribution is -0.130. The third-order valence-corrected chi connectivity index (χ3v) is 4.81. The van der Waals surface area contributed by atoms with E-state index >= 15 is 0 Å². The lowest BCUT2D eigenvalue weighted by atomic mass is 9.86. The van der Waals surface area contributed by atoms with Crippen LogP contribution in [0.4, 0.5) is 0 Å². The lowest BCUT2D eigenvalue weighted by Crippen LogP contribution is -2.38. The normalized spacial score (nSPS) is 12.5. The van der Waals surface area contributed by atoms with Crippen molar-refractivity contribution in [3.63, 3.8) is 0 Å².